The van der Waals surface area contributed by atoms with Crippen LogP contribution in [0.5, 0.6) is 5.75 Å². The molecule has 0 radical (unpaired) electrons. The molecule has 1 aliphatic rings. The number of nitrogens with zero attached hydrogens (tertiary/aromatic N) is 1. The second-order valence-corrected chi connectivity index (χ2v) is 5.17. The Morgan fingerprint density at radius 1 is 1.33 bits per heavy atom. The van der Waals surface area contributed by atoms with Crippen LogP contribution in [0.3, 0.4) is 0 Å². The van der Waals surface area contributed by atoms with Gasteiger partial charge >= 0.3 is 0 Å². The van der Waals surface area contributed by atoms with E-state index in [1.165, 1.54) is 37.9 Å². The molecule has 1 aromatic rings. The number of hydrogen-bond acceptors (Lipinski definition) is 3. The van der Waals surface area contributed by atoms with Gasteiger partial charge in [-0.3, -0.25) is 4.90 Å². The maximum atomic E-state index is 5.57. The number of benzene rings is 1. The van der Waals surface area contributed by atoms with E-state index in [-0.39, 0.29) is 0 Å². The summed E-state index contributed by atoms with van der Waals surface area (Å²) < 4.78 is 5.18. The van der Waals surface area contributed by atoms with Crippen LogP contribution >= 0.6 is 0 Å². The van der Waals surface area contributed by atoms with Gasteiger partial charge in [-0.2, -0.15) is 0 Å². The van der Waals surface area contributed by atoms with E-state index < -0.39 is 0 Å². The highest BCUT2D eigenvalue weighted by Gasteiger charge is 2.21. The molecular formula is C15H24N2O. The number of hydrogen-bond donors (Lipinski definition) is 1. The van der Waals surface area contributed by atoms with E-state index in [0.717, 1.165) is 24.8 Å². The van der Waals surface area contributed by atoms with E-state index in [2.05, 4.69) is 17.0 Å². The van der Waals surface area contributed by atoms with E-state index in [1.807, 2.05) is 12.1 Å². The monoisotopic (exact) mass is 248 g/mol. The number of ether oxygens (including phenoxy) is 1. The average molecular weight is 248 g/mol. The van der Waals surface area contributed by atoms with Crippen LogP contribution < -0.4 is 10.5 Å². The number of methoxy groups -OCH3 is 1. The SMILES string of the molecule is COc1ccc(CN2CCC(CCCN)C2)cc1. The van der Waals surface area contributed by atoms with E-state index in [1.54, 1.807) is 7.11 Å². The Hall–Kier alpha value is -1.06. The van der Waals surface area contributed by atoms with Gasteiger partial charge in [-0.05, 0) is 56.0 Å². The topological polar surface area (TPSA) is 38.5 Å². The van der Waals surface area contributed by atoms with Crippen molar-refractivity contribution in [2.75, 3.05) is 26.7 Å². The van der Waals surface area contributed by atoms with Gasteiger partial charge in [0, 0.05) is 13.1 Å². The van der Waals surface area contributed by atoms with Gasteiger partial charge in [0.1, 0.15) is 5.75 Å². The maximum Gasteiger partial charge on any atom is 0.118 e. The summed E-state index contributed by atoms with van der Waals surface area (Å²) in [5, 5.41) is 0. The van der Waals surface area contributed by atoms with Crippen molar-refractivity contribution in [3.05, 3.63) is 29.8 Å². The standard InChI is InChI=1S/C15H24N2O/c1-18-15-6-4-14(5-7-15)12-17-10-8-13(11-17)3-2-9-16/h4-7,13H,2-3,8-12,16H2,1H3. The first-order valence-electron chi connectivity index (χ1n) is 6.87. The molecule has 1 aromatic carbocycles. The van der Waals surface area contributed by atoms with Crippen LogP contribution in [0.1, 0.15) is 24.8 Å². The summed E-state index contributed by atoms with van der Waals surface area (Å²) in [6.07, 6.45) is 3.78. The van der Waals surface area contributed by atoms with Gasteiger partial charge in [-0.25, -0.2) is 0 Å². The summed E-state index contributed by atoms with van der Waals surface area (Å²) in [5.41, 5.74) is 6.94. The first-order chi connectivity index (χ1) is 8.81. The van der Waals surface area contributed by atoms with Gasteiger partial charge in [-0.15, -0.1) is 0 Å². The normalized spacial score (nSPS) is 20.2. The molecule has 1 heterocycles. The second kappa shape index (κ2) is 6.76. The molecule has 0 aromatic heterocycles. The van der Waals surface area contributed by atoms with Crippen molar-refractivity contribution in [3.63, 3.8) is 0 Å². The first kappa shape index (κ1) is 13.4. The fraction of sp³-hybridized carbons (Fsp3) is 0.600. The number of rotatable bonds is 6. The molecule has 3 heteroatoms. The van der Waals surface area contributed by atoms with Gasteiger partial charge in [-0.1, -0.05) is 12.1 Å². The molecule has 1 fully saturated rings. The van der Waals surface area contributed by atoms with Crippen LogP contribution in [0.25, 0.3) is 0 Å². The Bertz CT molecular complexity index is 350. The number of nitrogens with two attached hydrogens (primary N) is 1. The van der Waals surface area contributed by atoms with E-state index in [9.17, 15) is 0 Å². The van der Waals surface area contributed by atoms with Gasteiger partial charge < -0.3 is 10.5 Å². The highest BCUT2D eigenvalue weighted by atomic mass is 16.5. The van der Waals surface area contributed by atoms with Crippen LogP contribution in [0.15, 0.2) is 24.3 Å². The molecule has 1 aliphatic heterocycles. The average Bonchev–Trinajstić information content (AvgIpc) is 2.85. The van der Waals surface area contributed by atoms with Crippen LogP contribution in [0.2, 0.25) is 0 Å². The van der Waals surface area contributed by atoms with Gasteiger partial charge in [0.25, 0.3) is 0 Å². The van der Waals surface area contributed by atoms with Crippen LogP contribution in [0, 0.1) is 5.92 Å². The van der Waals surface area contributed by atoms with Crippen molar-refractivity contribution in [2.45, 2.75) is 25.8 Å². The molecule has 2 N–H and O–H groups in total. The van der Waals surface area contributed by atoms with Crippen LogP contribution in [-0.4, -0.2) is 31.6 Å². The number of likely N-dealkylation sites (tertiary alicyclic amines) is 1. The van der Waals surface area contributed by atoms with Gasteiger partial charge in [0.2, 0.25) is 0 Å². The lowest BCUT2D eigenvalue weighted by Crippen LogP contribution is -2.20. The minimum atomic E-state index is 0.828. The lowest BCUT2D eigenvalue weighted by molar-refractivity contribution is 0.312. The van der Waals surface area contributed by atoms with Crippen molar-refractivity contribution < 1.29 is 4.74 Å². The zero-order valence-electron chi connectivity index (χ0n) is 11.3. The molecule has 0 aliphatic carbocycles. The Balaban J connectivity index is 1.79. The molecule has 100 valence electrons. The molecule has 0 bridgehead atoms. The summed E-state index contributed by atoms with van der Waals surface area (Å²) in [5.74, 6) is 1.78. The molecule has 1 atom stereocenters. The van der Waals surface area contributed by atoms with Crippen molar-refractivity contribution in [3.8, 4) is 5.75 Å². The highest BCUT2D eigenvalue weighted by Crippen LogP contribution is 2.23. The largest absolute Gasteiger partial charge is 0.497 e. The smallest absolute Gasteiger partial charge is 0.118 e. The second-order valence-electron chi connectivity index (χ2n) is 5.17. The molecular weight excluding hydrogens is 224 g/mol. The minimum Gasteiger partial charge on any atom is -0.497 e. The molecule has 0 spiro atoms. The predicted molar refractivity (Wildman–Crippen MR) is 74.7 cm³/mol. The van der Waals surface area contributed by atoms with Crippen LogP contribution in [-0.2, 0) is 6.54 Å². The molecule has 0 amide bonds. The van der Waals surface area contributed by atoms with E-state index in [0.29, 0.717) is 0 Å². The fourth-order valence-electron chi connectivity index (χ4n) is 2.69. The Kier molecular flexibility index (Phi) is 5.02. The summed E-state index contributed by atoms with van der Waals surface area (Å²) >= 11 is 0. The van der Waals surface area contributed by atoms with Crippen molar-refractivity contribution >= 4 is 0 Å². The Labute approximate surface area is 110 Å². The van der Waals surface area contributed by atoms with Crippen molar-refractivity contribution in [1.29, 1.82) is 0 Å². The van der Waals surface area contributed by atoms with Gasteiger partial charge in [0.15, 0.2) is 0 Å². The third-order valence-electron chi connectivity index (χ3n) is 3.75. The summed E-state index contributed by atoms with van der Waals surface area (Å²) in [4.78, 5) is 2.54. The lowest BCUT2D eigenvalue weighted by Gasteiger charge is -2.16. The molecule has 1 saturated heterocycles. The third kappa shape index (κ3) is 3.72. The fourth-order valence-corrected chi connectivity index (χ4v) is 2.69. The lowest BCUT2D eigenvalue weighted by atomic mass is 10.0. The molecule has 2 rings (SSSR count). The van der Waals surface area contributed by atoms with E-state index >= 15 is 0 Å². The summed E-state index contributed by atoms with van der Waals surface area (Å²) in [6, 6.07) is 8.40. The zero-order valence-corrected chi connectivity index (χ0v) is 11.3. The predicted octanol–water partition coefficient (Wildman–Crippen LogP) is 2.26. The molecule has 1 unspecified atom stereocenters. The Morgan fingerprint density at radius 2 is 2.11 bits per heavy atom. The highest BCUT2D eigenvalue weighted by molar-refractivity contribution is 5.27. The quantitative estimate of drug-likeness (QED) is 0.839. The first-order valence-corrected chi connectivity index (χ1v) is 6.87. The van der Waals surface area contributed by atoms with Gasteiger partial charge in [0.05, 0.1) is 7.11 Å². The molecule has 0 saturated carbocycles. The molecule has 18 heavy (non-hydrogen) atoms. The van der Waals surface area contributed by atoms with Crippen LogP contribution in [0.4, 0.5) is 0 Å². The Morgan fingerprint density at radius 3 is 2.78 bits per heavy atom. The third-order valence-corrected chi connectivity index (χ3v) is 3.75. The van der Waals surface area contributed by atoms with Crippen molar-refractivity contribution in [2.24, 2.45) is 11.7 Å². The van der Waals surface area contributed by atoms with E-state index in [4.69, 9.17) is 10.5 Å². The zero-order chi connectivity index (χ0) is 12.8. The molecule has 3 nitrogen and oxygen atoms in total. The summed E-state index contributed by atoms with van der Waals surface area (Å²) in [6.45, 7) is 4.34. The summed E-state index contributed by atoms with van der Waals surface area (Å²) in [7, 11) is 1.71. The van der Waals surface area contributed by atoms with Crippen molar-refractivity contribution in [1.82, 2.24) is 4.90 Å². The minimum absolute atomic E-state index is 0.828. The maximum absolute atomic E-state index is 5.57.